The average molecular weight is 1280 g/mol. The third-order valence-electron chi connectivity index (χ3n) is 16.7. The Morgan fingerprint density at radius 3 is 0.816 bits per heavy atom. The van der Waals surface area contributed by atoms with Crippen LogP contribution in [0.5, 0.6) is 0 Å². The number of hydrogen-bond donors (Lipinski definition) is 3. The summed E-state index contributed by atoms with van der Waals surface area (Å²) in [5.41, 5.74) is 0. The van der Waals surface area contributed by atoms with Crippen LogP contribution in [-0.4, -0.2) is 96.7 Å². The number of aliphatic hydroxyl groups excluding tert-OH is 1. The normalized spacial score (nSPS) is 15.2. The second-order valence-electron chi connectivity index (χ2n) is 25.3. The molecule has 0 saturated heterocycles. The number of unbranched alkanes of at least 4 members (excludes halogenated alkanes) is 31. The quantitative estimate of drug-likeness (QED) is 0.0222. The van der Waals surface area contributed by atoms with Crippen molar-refractivity contribution in [3.63, 3.8) is 0 Å². The first-order valence-corrected chi connectivity index (χ1v) is 38.5. The zero-order chi connectivity index (χ0) is 64.5. The number of rotatable bonds is 66. The SMILES string of the molecule is CCCCCCCCCC(=O)OC[C@H](COP(=O)(O)OC[C@H](O)COP(=O)(O)OC[C@@H](COC(=O)CCCCCCCCCCC(C)CC)OC(=O)CCCCCCCCCCCCCCCCC(C)CC)OC(=O)CCCCCCCCC(C)CC. The highest BCUT2D eigenvalue weighted by atomic mass is 31.2. The Labute approximate surface area is 530 Å². The Kier molecular flexibility index (Phi) is 57.8. The Morgan fingerprint density at radius 1 is 0.322 bits per heavy atom. The van der Waals surface area contributed by atoms with E-state index in [9.17, 15) is 43.2 Å². The number of aliphatic hydroxyl groups is 1. The van der Waals surface area contributed by atoms with E-state index in [-0.39, 0.29) is 25.7 Å². The second-order valence-corrected chi connectivity index (χ2v) is 28.2. The van der Waals surface area contributed by atoms with Gasteiger partial charge in [0.1, 0.15) is 19.3 Å². The summed E-state index contributed by atoms with van der Waals surface area (Å²) < 4.78 is 68.1. The van der Waals surface area contributed by atoms with Crippen molar-refractivity contribution in [2.75, 3.05) is 39.6 Å². The van der Waals surface area contributed by atoms with E-state index in [0.29, 0.717) is 25.7 Å². The van der Waals surface area contributed by atoms with Crippen molar-refractivity contribution in [2.45, 2.75) is 356 Å². The lowest BCUT2D eigenvalue weighted by molar-refractivity contribution is -0.161. The van der Waals surface area contributed by atoms with Gasteiger partial charge in [0.2, 0.25) is 0 Å². The molecule has 17 nitrogen and oxygen atoms in total. The molecule has 0 bridgehead atoms. The minimum Gasteiger partial charge on any atom is -0.462 e. The zero-order valence-corrected chi connectivity index (χ0v) is 58.3. The summed E-state index contributed by atoms with van der Waals surface area (Å²) in [5, 5.41) is 10.6. The number of phosphoric ester groups is 2. The summed E-state index contributed by atoms with van der Waals surface area (Å²) in [6.07, 6.45) is 41.8. The molecular weight excluding hydrogens is 1150 g/mol. The fraction of sp³-hybridized carbons (Fsp3) is 0.941. The molecule has 0 aliphatic rings. The van der Waals surface area contributed by atoms with Crippen molar-refractivity contribution in [2.24, 2.45) is 17.8 Å². The molecule has 87 heavy (non-hydrogen) atoms. The van der Waals surface area contributed by atoms with Crippen LogP contribution in [0.15, 0.2) is 0 Å². The minimum atomic E-state index is -4.95. The van der Waals surface area contributed by atoms with E-state index in [0.717, 1.165) is 120 Å². The minimum absolute atomic E-state index is 0.102. The van der Waals surface area contributed by atoms with Crippen LogP contribution in [0.3, 0.4) is 0 Å². The van der Waals surface area contributed by atoms with E-state index in [4.69, 9.17) is 37.0 Å². The molecule has 0 aromatic rings. The summed E-state index contributed by atoms with van der Waals surface area (Å²) in [6.45, 7) is 11.8. The summed E-state index contributed by atoms with van der Waals surface area (Å²) >= 11 is 0. The maximum atomic E-state index is 13.0. The third kappa shape index (κ3) is 58.9. The summed E-state index contributed by atoms with van der Waals surface area (Å²) in [7, 11) is -9.89. The molecule has 0 aromatic carbocycles. The van der Waals surface area contributed by atoms with Gasteiger partial charge in [0, 0.05) is 25.7 Å². The lowest BCUT2D eigenvalue weighted by Gasteiger charge is -2.21. The number of hydrogen-bond acceptors (Lipinski definition) is 15. The van der Waals surface area contributed by atoms with Crippen molar-refractivity contribution in [1.82, 2.24) is 0 Å². The molecule has 0 radical (unpaired) electrons. The average Bonchev–Trinajstić information content (AvgIpc) is 3.71. The van der Waals surface area contributed by atoms with E-state index in [1.165, 1.54) is 135 Å². The van der Waals surface area contributed by atoms with Crippen LogP contribution in [-0.2, 0) is 65.4 Å². The zero-order valence-electron chi connectivity index (χ0n) is 56.5. The Balaban J connectivity index is 5.20. The van der Waals surface area contributed by atoms with Crippen LogP contribution in [0.4, 0.5) is 0 Å². The first kappa shape index (κ1) is 85.1. The Bertz CT molecular complexity index is 1720. The maximum Gasteiger partial charge on any atom is 0.472 e. The smallest absolute Gasteiger partial charge is 0.462 e. The standard InChI is InChI=1S/C68H132O17P2/c1-8-12-13-14-25-35-42-49-65(70)78-55-64(85-68(73)52-45-38-31-30-34-41-48-61(7)11-4)58-83-87(76,77)81-54-62(69)53-80-86(74,75)82-57-63(56-79-66(71)50-43-36-28-24-23-27-33-40-47-60(6)10-3)84-67(72)51-44-37-29-22-20-18-16-15-17-19-21-26-32-39-46-59(5)9-2/h59-64,69H,8-58H2,1-7H3,(H,74,75)(H,76,77)/t59?,60?,61?,62-,63-,64-/m1/s1. The van der Waals surface area contributed by atoms with Crippen LogP contribution < -0.4 is 0 Å². The van der Waals surface area contributed by atoms with Gasteiger partial charge in [-0.15, -0.1) is 0 Å². The first-order valence-electron chi connectivity index (χ1n) is 35.5. The van der Waals surface area contributed by atoms with E-state index < -0.39 is 97.5 Å². The van der Waals surface area contributed by atoms with Crippen molar-refractivity contribution in [3.8, 4) is 0 Å². The van der Waals surface area contributed by atoms with Crippen molar-refractivity contribution < 1.29 is 80.2 Å². The monoisotopic (exact) mass is 1280 g/mol. The van der Waals surface area contributed by atoms with Crippen LogP contribution in [0.25, 0.3) is 0 Å². The molecule has 0 spiro atoms. The molecule has 0 aliphatic heterocycles. The number of carbonyl (C=O) groups is 4. The van der Waals surface area contributed by atoms with Gasteiger partial charge in [-0.05, 0) is 43.4 Å². The van der Waals surface area contributed by atoms with E-state index >= 15 is 0 Å². The molecule has 0 saturated carbocycles. The highest BCUT2D eigenvalue weighted by Crippen LogP contribution is 2.45. The van der Waals surface area contributed by atoms with Crippen LogP contribution in [0.1, 0.15) is 337 Å². The highest BCUT2D eigenvalue weighted by Gasteiger charge is 2.30. The summed E-state index contributed by atoms with van der Waals surface area (Å²) in [4.78, 5) is 72.3. The van der Waals surface area contributed by atoms with E-state index in [2.05, 4.69) is 48.5 Å². The highest BCUT2D eigenvalue weighted by molar-refractivity contribution is 7.47. The number of esters is 4. The molecular formula is C68H132O17P2. The van der Waals surface area contributed by atoms with Crippen LogP contribution in [0.2, 0.25) is 0 Å². The van der Waals surface area contributed by atoms with Gasteiger partial charge in [-0.25, -0.2) is 9.13 Å². The Morgan fingerprint density at radius 2 is 0.552 bits per heavy atom. The van der Waals surface area contributed by atoms with Gasteiger partial charge < -0.3 is 33.8 Å². The molecule has 3 N–H and O–H groups in total. The fourth-order valence-electron chi connectivity index (χ4n) is 10.1. The lowest BCUT2D eigenvalue weighted by atomic mass is 9.99. The summed E-state index contributed by atoms with van der Waals surface area (Å²) in [6, 6.07) is 0. The van der Waals surface area contributed by atoms with Crippen molar-refractivity contribution in [1.29, 1.82) is 0 Å². The van der Waals surface area contributed by atoms with Gasteiger partial charge in [0.15, 0.2) is 12.2 Å². The number of ether oxygens (including phenoxy) is 4. The van der Waals surface area contributed by atoms with Gasteiger partial charge >= 0.3 is 39.5 Å². The van der Waals surface area contributed by atoms with Gasteiger partial charge in [-0.1, -0.05) is 286 Å². The Hall–Kier alpha value is -1.94. The maximum absolute atomic E-state index is 13.0. The molecule has 0 heterocycles. The number of phosphoric acid groups is 2. The third-order valence-corrected chi connectivity index (χ3v) is 18.6. The summed E-state index contributed by atoms with van der Waals surface area (Å²) in [5.74, 6) is 0.207. The molecule has 19 heteroatoms. The van der Waals surface area contributed by atoms with E-state index in [1.54, 1.807) is 0 Å². The van der Waals surface area contributed by atoms with Gasteiger partial charge in [-0.2, -0.15) is 0 Å². The molecule has 0 aliphatic carbocycles. The van der Waals surface area contributed by atoms with Crippen molar-refractivity contribution >= 4 is 39.5 Å². The lowest BCUT2D eigenvalue weighted by Crippen LogP contribution is -2.30. The van der Waals surface area contributed by atoms with Gasteiger partial charge in [0.25, 0.3) is 0 Å². The predicted molar refractivity (Wildman–Crippen MR) is 349 cm³/mol. The molecule has 0 fully saturated rings. The van der Waals surface area contributed by atoms with Gasteiger partial charge in [-0.3, -0.25) is 37.3 Å². The first-order chi connectivity index (χ1) is 41.8. The largest absolute Gasteiger partial charge is 0.472 e. The second kappa shape index (κ2) is 59.1. The molecule has 0 aromatic heterocycles. The molecule has 5 unspecified atom stereocenters. The molecule has 516 valence electrons. The fourth-order valence-corrected chi connectivity index (χ4v) is 11.7. The number of carbonyl (C=O) groups excluding carboxylic acids is 4. The van der Waals surface area contributed by atoms with Crippen LogP contribution >= 0.6 is 15.6 Å². The predicted octanol–water partition coefficient (Wildman–Crippen LogP) is 19.1. The topological polar surface area (TPSA) is 237 Å². The molecule has 0 rings (SSSR count). The molecule has 8 atom stereocenters. The van der Waals surface area contributed by atoms with Crippen LogP contribution in [0, 0.1) is 17.8 Å². The van der Waals surface area contributed by atoms with Crippen molar-refractivity contribution in [3.05, 3.63) is 0 Å². The van der Waals surface area contributed by atoms with E-state index in [1.807, 2.05) is 0 Å². The van der Waals surface area contributed by atoms with Gasteiger partial charge in [0.05, 0.1) is 26.4 Å². The molecule has 0 amide bonds.